The van der Waals surface area contributed by atoms with Crippen LogP contribution in [0.1, 0.15) is 28.4 Å². The van der Waals surface area contributed by atoms with Crippen LogP contribution in [0.5, 0.6) is 11.5 Å². The van der Waals surface area contributed by atoms with E-state index in [2.05, 4.69) is 20.8 Å². The van der Waals surface area contributed by atoms with Crippen molar-refractivity contribution in [3.05, 3.63) is 95.3 Å². The van der Waals surface area contributed by atoms with Crippen LogP contribution in [0.4, 0.5) is 0 Å². The number of nitrogens with zero attached hydrogens (tertiary/aromatic N) is 4. The molecule has 0 spiro atoms. The van der Waals surface area contributed by atoms with Crippen molar-refractivity contribution in [1.29, 1.82) is 0 Å². The quantitative estimate of drug-likeness (QED) is 0.570. The van der Waals surface area contributed by atoms with Crippen molar-refractivity contribution in [2.45, 2.75) is 19.4 Å². The Kier molecular flexibility index (Phi) is 4.48. The number of benzene rings is 3. The van der Waals surface area contributed by atoms with E-state index in [0.29, 0.717) is 17.3 Å². The second-order valence-corrected chi connectivity index (χ2v) is 7.17. The molecule has 1 N–H and O–H groups in total. The van der Waals surface area contributed by atoms with E-state index in [-0.39, 0.29) is 12.5 Å². The van der Waals surface area contributed by atoms with Gasteiger partial charge in [-0.1, -0.05) is 54.1 Å². The highest BCUT2D eigenvalue weighted by Crippen LogP contribution is 2.43. The number of ether oxygens (including phenoxy) is 1. The first-order valence-electron chi connectivity index (χ1n) is 9.68. The Morgan fingerprint density at radius 1 is 0.967 bits per heavy atom. The molecule has 30 heavy (non-hydrogen) atoms. The lowest BCUT2D eigenvalue weighted by Gasteiger charge is -2.27. The smallest absolute Gasteiger partial charge is 0.232 e. The summed E-state index contributed by atoms with van der Waals surface area (Å²) in [6, 6.07) is 23.1. The number of aryl methyl sites for hydroxylation is 1. The van der Waals surface area contributed by atoms with Gasteiger partial charge in [0.2, 0.25) is 5.91 Å². The molecule has 148 valence electrons. The molecule has 5 rings (SSSR count). The van der Waals surface area contributed by atoms with Crippen molar-refractivity contribution in [2.75, 3.05) is 0 Å². The van der Waals surface area contributed by atoms with Gasteiger partial charge in [0.05, 0.1) is 18.2 Å². The van der Waals surface area contributed by atoms with Gasteiger partial charge in [-0.3, -0.25) is 4.79 Å². The van der Waals surface area contributed by atoms with Gasteiger partial charge in [-0.05, 0) is 41.6 Å². The average molecular weight is 397 g/mol. The molecule has 1 aliphatic rings. The number of nitrogens with one attached hydrogen (secondary N) is 1. The Balaban J connectivity index is 1.41. The number of carbonyl (C=O) groups is 1. The summed E-state index contributed by atoms with van der Waals surface area (Å²) in [5, 5.41) is 14.9. The van der Waals surface area contributed by atoms with Gasteiger partial charge in [0.25, 0.3) is 0 Å². The van der Waals surface area contributed by atoms with E-state index in [4.69, 9.17) is 4.74 Å². The molecule has 0 radical (unpaired) electrons. The Morgan fingerprint density at radius 3 is 2.27 bits per heavy atom. The Morgan fingerprint density at radius 2 is 1.60 bits per heavy atom. The van der Waals surface area contributed by atoms with Gasteiger partial charge in [-0.15, -0.1) is 5.10 Å². The predicted octanol–water partition coefficient (Wildman–Crippen LogP) is 3.52. The topological polar surface area (TPSA) is 81.9 Å². The molecular formula is C23H19N5O2. The highest BCUT2D eigenvalue weighted by Gasteiger charge is 2.32. The van der Waals surface area contributed by atoms with Crippen LogP contribution in [0.25, 0.3) is 5.69 Å². The first kappa shape index (κ1) is 18.1. The number of tetrazole rings is 1. The van der Waals surface area contributed by atoms with Crippen molar-refractivity contribution >= 4 is 5.91 Å². The Labute approximate surface area is 173 Å². The van der Waals surface area contributed by atoms with E-state index in [1.165, 1.54) is 0 Å². The van der Waals surface area contributed by atoms with Crippen molar-refractivity contribution in [1.82, 2.24) is 25.5 Å². The summed E-state index contributed by atoms with van der Waals surface area (Å²) in [5.74, 6) is 1.36. The molecule has 0 aliphatic carbocycles. The minimum Gasteiger partial charge on any atom is -0.457 e. The lowest BCUT2D eigenvalue weighted by molar-refractivity contribution is -0.122. The molecule has 0 saturated carbocycles. The van der Waals surface area contributed by atoms with E-state index in [0.717, 1.165) is 22.4 Å². The molecule has 0 fully saturated rings. The number of carbonyl (C=O) groups excluding carboxylic acids is 1. The number of hydrogen-bond acceptors (Lipinski definition) is 5. The molecule has 0 bridgehead atoms. The monoisotopic (exact) mass is 397 g/mol. The molecule has 7 nitrogen and oxygen atoms in total. The van der Waals surface area contributed by atoms with Crippen LogP contribution in [0.3, 0.4) is 0 Å². The van der Waals surface area contributed by atoms with Gasteiger partial charge in [0.1, 0.15) is 11.5 Å². The van der Waals surface area contributed by atoms with Crippen LogP contribution in [-0.4, -0.2) is 26.1 Å². The van der Waals surface area contributed by atoms with Gasteiger partial charge in [-0.25, -0.2) is 0 Å². The lowest BCUT2D eigenvalue weighted by Crippen LogP contribution is -2.32. The van der Waals surface area contributed by atoms with Crippen molar-refractivity contribution < 1.29 is 9.53 Å². The third-order valence-corrected chi connectivity index (χ3v) is 5.18. The molecule has 2 heterocycles. The molecule has 1 aliphatic heterocycles. The third kappa shape index (κ3) is 3.20. The van der Waals surface area contributed by atoms with E-state index in [1.807, 2.05) is 79.7 Å². The largest absolute Gasteiger partial charge is 0.457 e. The molecule has 3 aromatic carbocycles. The zero-order valence-corrected chi connectivity index (χ0v) is 16.3. The minimum atomic E-state index is -0.463. The van der Waals surface area contributed by atoms with Gasteiger partial charge in [-0.2, -0.15) is 4.68 Å². The van der Waals surface area contributed by atoms with Crippen molar-refractivity contribution in [3.63, 3.8) is 0 Å². The molecule has 0 saturated heterocycles. The van der Waals surface area contributed by atoms with Crippen LogP contribution < -0.4 is 10.1 Å². The average Bonchev–Trinajstić information content (AvgIpc) is 3.25. The SMILES string of the molecule is Cc1ccc(-n2nnnc2CNC(=O)C2c3ccccc3Oc3ccccc32)cc1. The molecule has 1 amide bonds. The number of rotatable bonds is 4. The lowest BCUT2D eigenvalue weighted by atomic mass is 9.87. The summed E-state index contributed by atoms with van der Waals surface area (Å²) in [7, 11) is 0. The van der Waals surface area contributed by atoms with E-state index in [1.54, 1.807) is 4.68 Å². The normalized spacial score (nSPS) is 12.6. The Hall–Kier alpha value is -4.00. The summed E-state index contributed by atoms with van der Waals surface area (Å²) < 4.78 is 7.61. The van der Waals surface area contributed by atoms with Crippen LogP contribution in [0.15, 0.2) is 72.8 Å². The predicted molar refractivity (Wildman–Crippen MR) is 111 cm³/mol. The molecule has 0 unspecified atom stereocenters. The third-order valence-electron chi connectivity index (χ3n) is 5.18. The fraction of sp³-hybridized carbons (Fsp3) is 0.130. The summed E-state index contributed by atoms with van der Waals surface area (Å²) in [4.78, 5) is 13.3. The Bertz CT molecular complexity index is 1170. The zero-order valence-electron chi connectivity index (χ0n) is 16.3. The second kappa shape index (κ2) is 7.44. The van der Waals surface area contributed by atoms with Crippen molar-refractivity contribution in [3.8, 4) is 17.2 Å². The molecule has 7 heteroatoms. The first-order chi connectivity index (χ1) is 14.7. The van der Waals surface area contributed by atoms with Crippen molar-refractivity contribution in [2.24, 2.45) is 0 Å². The van der Waals surface area contributed by atoms with Crippen LogP contribution in [-0.2, 0) is 11.3 Å². The highest BCUT2D eigenvalue weighted by atomic mass is 16.5. The van der Waals surface area contributed by atoms with Crippen LogP contribution in [0.2, 0.25) is 0 Å². The van der Waals surface area contributed by atoms with Gasteiger partial charge in [0.15, 0.2) is 5.82 Å². The number of amides is 1. The number of hydrogen-bond donors (Lipinski definition) is 1. The maximum absolute atomic E-state index is 13.3. The number of aromatic nitrogens is 4. The highest BCUT2D eigenvalue weighted by molar-refractivity contribution is 5.89. The van der Waals surface area contributed by atoms with Crippen LogP contribution >= 0.6 is 0 Å². The van der Waals surface area contributed by atoms with Crippen LogP contribution in [0, 0.1) is 6.92 Å². The minimum absolute atomic E-state index is 0.128. The zero-order chi connectivity index (χ0) is 20.5. The summed E-state index contributed by atoms with van der Waals surface area (Å²) in [6.07, 6.45) is 0. The van der Waals surface area contributed by atoms with Gasteiger partial charge in [0, 0.05) is 11.1 Å². The summed E-state index contributed by atoms with van der Waals surface area (Å²) in [5.41, 5.74) is 3.67. The molecular weight excluding hydrogens is 378 g/mol. The summed E-state index contributed by atoms with van der Waals surface area (Å²) >= 11 is 0. The first-order valence-corrected chi connectivity index (χ1v) is 9.68. The van der Waals surface area contributed by atoms with E-state index in [9.17, 15) is 4.79 Å². The number of fused-ring (bicyclic) bond motifs is 2. The molecule has 0 atom stereocenters. The number of para-hydroxylation sites is 2. The molecule has 4 aromatic rings. The molecule has 1 aromatic heterocycles. The fourth-order valence-electron chi connectivity index (χ4n) is 3.66. The maximum Gasteiger partial charge on any atom is 0.232 e. The standard InChI is InChI=1S/C23H19N5O2/c1-15-10-12-16(13-11-15)28-21(25-26-27-28)14-24-23(29)22-17-6-2-4-8-19(17)30-20-9-5-3-7-18(20)22/h2-13,22H,14H2,1H3,(H,24,29). The fourth-order valence-corrected chi connectivity index (χ4v) is 3.66. The van der Waals surface area contributed by atoms with E-state index < -0.39 is 5.92 Å². The van der Waals surface area contributed by atoms with Gasteiger partial charge < -0.3 is 10.1 Å². The second-order valence-electron chi connectivity index (χ2n) is 7.17. The summed E-state index contributed by atoms with van der Waals surface area (Å²) in [6.45, 7) is 2.23. The maximum atomic E-state index is 13.3. The van der Waals surface area contributed by atoms with E-state index >= 15 is 0 Å². The van der Waals surface area contributed by atoms with Gasteiger partial charge >= 0.3 is 0 Å².